The Kier molecular flexibility index (Phi) is 4.32. The summed E-state index contributed by atoms with van der Waals surface area (Å²) in [6.07, 6.45) is 1.77. The molecule has 0 radical (unpaired) electrons. The second-order valence-electron chi connectivity index (χ2n) is 6.84. The minimum Gasteiger partial charge on any atom is -0.341 e. The molecule has 0 spiro atoms. The van der Waals surface area contributed by atoms with Crippen LogP contribution in [0.3, 0.4) is 0 Å². The van der Waals surface area contributed by atoms with E-state index in [1.54, 1.807) is 4.90 Å². The fourth-order valence-electron chi connectivity index (χ4n) is 3.89. The summed E-state index contributed by atoms with van der Waals surface area (Å²) >= 11 is 0. The summed E-state index contributed by atoms with van der Waals surface area (Å²) in [5.41, 5.74) is 1.17. The molecule has 1 unspecified atom stereocenters. The third-order valence-electron chi connectivity index (χ3n) is 5.25. The van der Waals surface area contributed by atoms with Crippen LogP contribution in [-0.2, 0) is 16.0 Å². The number of carbonyl (C=O) groups excluding carboxylic acids is 3. The van der Waals surface area contributed by atoms with Gasteiger partial charge in [-0.25, -0.2) is 4.79 Å². The molecule has 2 heterocycles. The molecule has 26 heavy (non-hydrogen) atoms. The lowest BCUT2D eigenvalue weighted by Gasteiger charge is -2.21. The van der Waals surface area contributed by atoms with Crippen molar-refractivity contribution in [3.63, 3.8) is 0 Å². The van der Waals surface area contributed by atoms with Gasteiger partial charge in [0.25, 0.3) is 0 Å². The Balaban J connectivity index is 1.38. The number of amides is 4. The second-order valence-corrected chi connectivity index (χ2v) is 6.84. The Morgan fingerprint density at radius 3 is 2.73 bits per heavy atom. The zero-order valence-corrected chi connectivity index (χ0v) is 14.5. The number of urea groups is 1. The summed E-state index contributed by atoms with van der Waals surface area (Å²) in [6.45, 7) is 1.09. The van der Waals surface area contributed by atoms with Gasteiger partial charge in [0.05, 0.1) is 12.6 Å². The van der Waals surface area contributed by atoms with Gasteiger partial charge in [0.15, 0.2) is 0 Å². The summed E-state index contributed by atoms with van der Waals surface area (Å²) in [5, 5.41) is 4.90. The summed E-state index contributed by atoms with van der Waals surface area (Å²) in [6, 6.07) is 13.8. The summed E-state index contributed by atoms with van der Waals surface area (Å²) < 4.78 is 0. The largest absolute Gasteiger partial charge is 0.341 e. The highest BCUT2D eigenvalue weighted by Gasteiger charge is 2.39. The van der Waals surface area contributed by atoms with E-state index >= 15 is 0 Å². The van der Waals surface area contributed by atoms with Crippen LogP contribution in [-0.4, -0.2) is 53.3 Å². The first-order chi connectivity index (χ1) is 12.6. The number of hydrogen-bond donors (Lipinski definition) is 1. The van der Waals surface area contributed by atoms with Gasteiger partial charge in [-0.2, -0.15) is 0 Å². The highest BCUT2D eigenvalue weighted by atomic mass is 16.2. The maximum Gasteiger partial charge on any atom is 0.324 e. The highest BCUT2D eigenvalue weighted by Crippen LogP contribution is 2.22. The Bertz CT molecular complexity index is 858. The van der Waals surface area contributed by atoms with Gasteiger partial charge < -0.3 is 10.2 Å². The number of imide groups is 1. The van der Waals surface area contributed by atoms with E-state index in [4.69, 9.17) is 0 Å². The Hall–Kier alpha value is -2.89. The molecule has 0 saturated carbocycles. The summed E-state index contributed by atoms with van der Waals surface area (Å²) in [5.74, 6) is -0.127. The molecular formula is C20H21N3O3. The molecular weight excluding hydrogens is 330 g/mol. The first-order valence-electron chi connectivity index (χ1n) is 8.98. The quantitative estimate of drug-likeness (QED) is 0.856. The topological polar surface area (TPSA) is 69.7 Å². The van der Waals surface area contributed by atoms with Gasteiger partial charge in [0, 0.05) is 19.5 Å². The predicted molar refractivity (Wildman–Crippen MR) is 97.5 cm³/mol. The molecule has 1 N–H and O–H groups in total. The second kappa shape index (κ2) is 6.78. The maximum absolute atomic E-state index is 12.6. The highest BCUT2D eigenvalue weighted by molar-refractivity contribution is 6.02. The Labute approximate surface area is 151 Å². The summed E-state index contributed by atoms with van der Waals surface area (Å²) in [7, 11) is 0. The number of likely N-dealkylation sites (tertiary alicyclic amines) is 1. The molecule has 134 valence electrons. The van der Waals surface area contributed by atoms with Gasteiger partial charge in [0.2, 0.25) is 11.8 Å². The van der Waals surface area contributed by atoms with Crippen molar-refractivity contribution in [1.82, 2.24) is 15.1 Å². The lowest BCUT2D eigenvalue weighted by molar-refractivity contribution is -0.131. The van der Waals surface area contributed by atoms with E-state index in [2.05, 4.69) is 29.6 Å². The van der Waals surface area contributed by atoms with Crippen LogP contribution in [0.5, 0.6) is 0 Å². The van der Waals surface area contributed by atoms with Crippen LogP contribution in [0.2, 0.25) is 0 Å². The van der Waals surface area contributed by atoms with Crippen LogP contribution in [0.1, 0.15) is 18.4 Å². The molecule has 2 saturated heterocycles. The molecule has 4 amide bonds. The normalized spacial score (nSPS) is 20.1. The molecule has 1 atom stereocenters. The van der Waals surface area contributed by atoms with Crippen molar-refractivity contribution in [3.8, 4) is 0 Å². The summed E-state index contributed by atoms with van der Waals surface area (Å²) in [4.78, 5) is 39.2. The third kappa shape index (κ3) is 3.03. The molecule has 2 aliphatic heterocycles. The average molecular weight is 351 g/mol. The third-order valence-corrected chi connectivity index (χ3v) is 5.25. The van der Waals surface area contributed by atoms with E-state index in [1.165, 1.54) is 21.2 Å². The number of carbonyl (C=O) groups is 3. The lowest BCUT2D eigenvalue weighted by atomic mass is 10.0. The zero-order chi connectivity index (χ0) is 18.1. The van der Waals surface area contributed by atoms with Gasteiger partial charge in [0.1, 0.15) is 0 Å². The molecule has 2 aliphatic rings. The number of aryl methyl sites for hydroxylation is 1. The van der Waals surface area contributed by atoms with E-state index < -0.39 is 0 Å². The van der Waals surface area contributed by atoms with E-state index in [1.807, 2.05) is 18.2 Å². The van der Waals surface area contributed by atoms with Gasteiger partial charge in [-0.1, -0.05) is 42.5 Å². The van der Waals surface area contributed by atoms with E-state index in [9.17, 15) is 14.4 Å². The maximum atomic E-state index is 12.6. The number of nitrogens with one attached hydrogen (secondary N) is 1. The molecule has 0 bridgehead atoms. The Morgan fingerprint density at radius 2 is 1.92 bits per heavy atom. The lowest BCUT2D eigenvalue weighted by Crippen LogP contribution is -2.42. The fourth-order valence-corrected chi connectivity index (χ4v) is 3.89. The van der Waals surface area contributed by atoms with Crippen molar-refractivity contribution >= 4 is 28.6 Å². The number of rotatable bonds is 4. The molecule has 2 aromatic carbocycles. The van der Waals surface area contributed by atoms with Crippen molar-refractivity contribution in [2.45, 2.75) is 25.3 Å². The van der Waals surface area contributed by atoms with Gasteiger partial charge in [-0.05, 0) is 29.2 Å². The zero-order valence-electron chi connectivity index (χ0n) is 14.5. The fraction of sp³-hybridized carbons (Fsp3) is 0.350. The van der Waals surface area contributed by atoms with Crippen molar-refractivity contribution in [3.05, 3.63) is 48.0 Å². The average Bonchev–Trinajstić information content (AvgIpc) is 3.26. The minimum absolute atomic E-state index is 0.0599. The van der Waals surface area contributed by atoms with Crippen LogP contribution in [0, 0.1) is 0 Å². The first kappa shape index (κ1) is 16.6. The molecule has 2 aromatic rings. The standard InChI is InChI=1S/C20H21N3O3/c24-18(9-8-15-6-3-5-14-4-1-2-7-17(14)15)22-11-10-16(13-22)23-19(25)12-21-20(23)26/h1-7,16H,8-13H2,(H,21,26). The molecule has 6 nitrogen and oxygen atoms in total. The van der Waals surface area contributed by atoms with Gasteiger partial charge in [-0.3, -0.25) is 14.5 Å². The monoisotopic (exact) mass is 351 g/mol. The van der Waals surface area contributed by atoms with Crippen molar-refractivity contribution in [1.29, 1.82) is 0 Å². The molecule has 4 rings (SSSR count). The van der Waals surface area contributed by atoms with Crippen LogP contribution in [0.4, 0.5) is 4.79 Å². The van der Waals surface area contributed by atoms with Crippen molar-refractivity contribution in [2.24, 2.45) is 0 Å². The minimum atomic E-state index is -0.343. The van der Waals surface area contributed by atoms with Crippen LogP contribution >= 0.6 is 0 Å². The predicted octanol–water partition coefficient (Wildman–Crippen LogP) is 1.93. The van der Waals surface area contributed by atoms with Crippen molar-refractivity contribution < 1.29 is 14.4 Å². The van der Waals surface area contributed by atoms with Crippen LogP contribution in [0.15, 0.2) is 42.5 Å². The van der Waals surface area contributed by atoms with E-state index in [-0.39, 0.29) is 30.4 Å². The van der Waals surface area contributed by atoms with Gasteiger partial charge >= 0.3 is 6.03 Å². The number of nitrogens with zero attached hydrogens (tertiary/aromatic N) is 2. The molecule has 0 aromatic heterocycles. The van der Waals surface area contributed by atoms with Crippen LogP contribution < -0.4 is 5.32 Å². The molecule has 6 heteroatoms. The smallest absolute Gasteiger partial charge is 0.324 e. The van der Waals surface area contributed by atoms with Crippen molar-refractivity contribution in [2.75, 3.05) is 19.6 Å². The van der Waals surface area contributed by atoms with Crippen LogP contribution in [0.25, 0.3) is 10.8 Å². The van der Waals surface area contributed by atoms with Gasteiger partial charge in [-0.15, -0.1) is 0 Å². The Morgan fingerprint density at radius 1 is 1.12 bits per heavy atom. The van der Waals surface area contributed by atoms with E-state index in [0.717, 1.165) is 0 Å². The number of fused-ring (bicyclic) bond motifs is 1. The number of hydrogen-bond acceptors (Lipinski definition) is 3. The first-order valence-corrected chi connectivity index (χ1v) is 8.98. The SMILES string of the molecule is O=C(CCc1cccc2ccccc12)N1CCC(N2C(=O)CNC2=O)C1. The number of benzene rings is 2. The molecule has 0 aliphatic carbocycles. The van der Waals surface area contributed by atoms with E-state index in [0.29, 0.717) is 32.4 Å². The molecule has 2 fully saturated rings.